The molecule has 0 saturated carbocycles. The largest absolute Gasteiger partial charge is 0.311 e. The summed E-state index contributed by atoms with van der Waals surface area (Å²) in [6.07, 6.45) is 6.53. The Labute approximate surface area is 117 Å². The highest BCUT2D eigenvalue weighted by atomic mass is 15.2. The number of aryl methyl sites for hydroxylation is 2. The molecule has 1 unspecified atom stereocenters. The van der Waals surface area contributed by atoms with Gasteiger partial charge in [0.25, 0.3) is 0 Å². The summed E-state index contributed by atoms with van der Waals surface area (Å²) < 4.78 is 0. The maximum atomic E-state index is 3.64. The minimum Gasteiger partial charge on any atom is -0.311 e. The van der Waals surface area contributed by atoms with Crippen molar-refractivity contribution in [2.45, 2.75) is 51.6 Å². The van der Waals surface area contributed by atoms with E-state index in [-0.39, 0.29) is 0 Å². The Bertz CT molecular complexity index is 425. The van der Waals surface area contributed by atoms with Crippen molar-refractivity contribution in [3.05, 3.63) is 34.9 Å². The summed E-state index contributed by atoms with van der Waals surface area (Å²) in [5.74, 6) is 0. The monoisotopic (exact) mass is 258 g/mol. The highest BCUT2D eigenvalue weighted by molar-refractivity contribution is 5.35. The lowest BCUT2D eigenvalue weighted by atomic mass is 10.0. The normalized spacial score (nSPS) is 23.5. The number of fused-ring (bicyclic) bond motifs is 1. The number of rotatable bonds is 4. The minimum atomic E-state index is 0.702. The zero-order valence-electron chi connectivity index (χ0n) is 12.1. The van der Waals surface area contributed by atoms with Crippen molar-refractivity contribution in [1.82, 2.24) is 10.2 Å². The Morgan fingerprint density at radius 2 is 2.16 bits per heavy atom. The predicted octanol–water partition coefficient (Wildman–Crippen LogP) is 2.75. The molecule has 3 rings (SSSR count). The van der Waals surface area contributed by atoms with Crippen LogP contribution >= 0.6 is 0 Å². The van der Waals surface area contributed by atoms with Crippen LogP contribution in [0, 0.1) is 0 Å². The van der Waals surface area contributed by atoms with Crippen molar-refractivity contribution in [3.8, 4) is 0 Å². The van der Waals surface area contributed by atoms with Crippen LogP contribution in [0.25, 0.3) is 0 Å². The second-order valence-electron chi connectivity index (χ2n) is 6.13. The fourth-order valence-electron chi connectivity index (χ4n) is 3.56. The predicted molar refractivity (Wildman–Crippen MR) is 80.4 cm³/mol. The molecule has 2 aliphatic rings. The van der Waals surface area contributed by atoms with E-state index in [1.807, 2.05) is 0 Å². The molecule has 1 aromatic carbocycles. The molecule has 1 saturated heterocycles. The molecule has 1 aliphatic heterocycles. The fourth-order valence-corrected chi connectivity index (χ4v) is 3.56. The maximum Gasteiger partial charge on any atom is 0.0235 e. The number of nitrogens with zero attached hydrogens (tertiary/aromatic N) is 1. The van der Waals surface area contributed by atoms with Gasteiger partial charge in [-0.05, 0) is 42.4 Å². The van der Waals surface area contributed by atoms with Crippen molar-refractivity contribution < 1.29 is 0 Å². The lowest BCUT2D eigenvalue weighted by molar-refractivity contribution is 0.187. The molecule has 2 heteroatoms. The van der Waals surface area contributed by atoms with Crippen LogP contribution in [0.1, 0.15) is 42.9 Å². The summed E-state index contributed by atoms with van der Waals surface area (Å²) in [6.45, 7) is 6.97. The summed E-state index contributed by atoms with van der Waals surface area (Å²) in [7, 11) is 0. The third-order valence-electron chi connectivity index (χ3n) is 4.55. The van der Waals surface area contributed by atoms with Crippen molar-refractivity contribution >= 4 is 0 Å². The molecule has 0 radical (unpaired) electrons. The Balaban J connectivity index is 1.61. The molecular weight excluding hydrogens is 232 g/mol. The molecule has 19 heavy (non-hydrogen) atoms. The highest BCUT2D eigenvalue weighted by Crippen LogP contribution is 2.23. The Morgan fingerprint density at radius 3 is 3.05 bits per heavy atom. The molecule has 0 spiro atoms. The second-order valence-corrected chi connectivity index (χ2v) is 6.13. The van der Waals surface area contributed by atoms with Gasteiger partial charge in [-0.1, -0.05) is 31.5 Å². The number of benzene rings is 1. The smallest absolute Gasteiger partial charge is 0.0235 e. The average Bonchev–Trinajstić information content (AvgIpc) is 2.87. The van der Waals surface area contributed by atoms with E-state index in [9.17, 15) is 0 Å². The van der Waals surface area contributed by atoms with E-state index in [1.54, 1.807) is 11.1 Å². The van der Waals surface area contributed by atoms with Gasteiger partial charge in [0.2, 0.25) is 0 Å². The van der Waals surface area contributed by atoms with Gasteiger partial charge in [-0.2, -0.15) is 0 Å². The lowest BCUT2D eigenvalue weighted by Crippen LogP contribution is -2.50. The maximum absolute atomic E-state index is 3.64. The van der Waals surface area contributed by atoms with Crippen molar-refractivity contribution in [2.24, 2.45) is 0 Å². The van der Waals surface area contributed by atoms with Crippen molar-refractivity contribution in [1.29, 1.82) is 0 Å². The van der Waals surface area contributed by atoms with Gasteiger partial charge in [-0.15, -0.1) is 0 Å². The summed E-state index contributed by atoms with van der Waals surface area (Å²) in [4.78, 5) is 2.62. The topological polar surface area (TPSA) is 15.3 Å². The van der Waals surface area contributed by atoms with E-state index in [0.717, 1.165) is 13.1 Å². The lowest BCUT2D eigenvalue weighted by Gasteiger charge is -2.33. The standard InChI is InChI=1S/C17H26N2/c1-2-4-17-13-19(10-9-18-17)12-14-7-8-15-5-3-6-16(15)11-14/h7-8,11,17-18H,2-6,9-10,12-13H2,1H3. The Kier molecular flexibility index (Phi) is 4.19. The average molecular weight is 258 g/mol. The van der Waals surface area contributed by atoms with Crippen LogP contribution < -0.4 is 5.32 Å². The summed E-state index contributed by atoms with van der Waals surface area (Å²) in [5.41, 5.74) is 4.71. The summed E-state index contributed by atoms with van der Waals surface area (Å²) in [6, 6.07) is 7.87. The van der Waals surface area contributed by atoms with Gasteiger partial charge in [0, 0.05) is 32.2 Å². The molecule has 2 nitrogen and oxygen atoms in total. The van der Waals surface area contributed by atoms with Crippen LogP contribution in [0.15, 0.2) is 18.2 Å². The summed E-state index contributed by atoms with van der Waals surface area (Å²) >= 11 is 0. The van der Waals surface area contributed by atoms with Gasteiger partial charge in [-0.25, -0.2) is 0 Å². The van der Waals surface area contributed by atoms with Crippen molar-refractivity contribution in [3.63, 3.8) is 0 Å². The molecule has 1 N–H and O–H groups in total. The molecule has 1 heterocycles. The van der Waals surface area contributed by atoms with Gasteiger partial charge >= 0.3 is 0 Å². The van der Waals surface area contributed by atoms with Gasteiger partial charge in [0.15, 0.2) is 0 Å². The third-order valence-corrected chi connectivity index (χ3v) is 4.55. The second kappa shape index (κ2) is 6.06. The van der Waals surface area contributed by atoms with E-state index in [4.69, 9.17) is 0 Å². The first-order valence-corrected chi connectivity index (χ1v) is 7.91. The minimum absolute atomic E-state index is 0.702. The first-order chi connectivity index (χ1) is 9.35. The van der Waals surface area contributed by atoms with Crippen LogP contribution in [0.3, 0.4) is 0 Å². The number of piperazine rings is 1. The van der Waals surface area contributed by atoms with Crippen LogP contribution in [0.5, 0.6) is 0 Å². The number of hydrogen-bond acceptors (Lipinski definition) is 2. The zero-order valence-corrected chi connectivity index (χ0v) is 12.1. The van der Waals surface area contributed by atoms with Crippen LogP contribution in [-0.4, -0.2) is 30.6 Å². The molecule has 1 atom stereocenters. The first kappa shape index (κ1) is 13.1. The van der Waals surface area contributed by atoms with Crippen LogP contribution in [-0.2, 0) is 19.4 Å². The zero-order chi connectivity index (χ0) is 13.1. The van der Waals surface area contributed by atoms with Gasteiger partial charge < -0.3 is 5.32 Å². The Morgan fingerprint density at radius 1 is 1.26 bits per heavy atom. The molecule has 0 amide bonds. The SMILES string of the molecule is CCCC1CN(Cc2ccc3c(c2)CCC3)CCN1. The third kappa shape index (κ3) is 3.18. The van der Waals surface area contributed by atoms with E-state index in [0.29, 0.717) is 6.04 Å². The number of hydrogen-bond donors (Lipinski definition) is 1. The quantitative estimate of drug-likeness (QED) is 0.893. The van der Waals surface area contributed by atoms with Gasteiger partial charge in [-0.3, -0.25) is 4.90 Å². The van der Waals surface area contributed by atoms with Gasteiger partial charge in [0.1, 0.15) is 0 Å². The van der Waals surface area contributed by atoms with Crippen LogP contribution in [0.4, 0.5) is 0 Å². The van der Waals surface area contributed by atoms with E-state index in [1.165, 1.54) is 50.8 Å². The van der Waals surface area contributed by atoms with Gasteiger partial charge in [0.05, 0.1) is 0 Å². The molecule has 0 bridgehead atoms. The summed E-state index contributed by atoms with van der Waals surface area (Å²) in [5, 5.41) is 3.64. The fraction of sp³-hybridized carbons (Fsp3) is 0.647. The molecule has 1 fully saturated rings. The van der Waals surface area contributed by atoms with Crippen LogP contribution in [0.2, 0.25) is 0 Å². The molecule has 104 valence electrons. The molecule has 1 aromatic rings. The Hall–Kier alpha value is -0.860. The first-order valence-electron chi connectivity index (χ1n) is 7.91. The van der Waals surface area contributed by atoms with E-state index in [2.05, 4.69) is 35.3 Å². The highest BCUT2D eigenvalue weighted by Gasteiger charge is 2.19. The molecule has 1 aliphatic carbocycles. The van der Waals surface area contributed by atoms with E-state index < -0.39 is 0 Å². The number of nitrogens with one attached hydrogen (secondary N) is 1. The van der Waals surface area contributed by atoms with E-state index >= 15 is 0 Å². The van der Waals surface area contributed by atoms with Crippen molar-refractivity contribution in [2.75, 3.05) is 19.6 Å². The molecular formula is C17H26N2. The molecule has 0 aromatic heterocycles.